The van der Waals surface area contributed by atoms with Crippen LogP contribution in [-0.2, 0) is 0 Å². The molecular weight excluding hydrogens is 383 g/mol. The molecule has 8 nitrogen and oxygen atoms in total. The Balaban J connectivity index is 1.39. The van der Waals surface area contributed by atoms with E-state index < -0.39 is 5.97 Å². The Morgan fingerprint density at radius 3 is 2.42 bits per heavy atom. The number of carbonyl (C=O) groups is 2. The van der Waals surface area contributed by atoms with Gasteiger partial charge in [-0.25, -0.2) is 4.79 Å². The fourth-order valence-electron chi connectivity index (χ4n) is 3.56. The summed E-state index contributed by atoms with van der Waals surface area (Å²) in [7, 11) is 0. The number of amides is 1. The first-order valence-electron chi connectivity index (χ1n) is 8.08. The Morgan fingerprint density at radius 2 is 1.92 bits per heavy atom. The van der Waals surface area contributed by atoms with Gasteiger partial charge in [0.15, 0.2) is 0 Å². The number of nitrogens with one attached hydrogen (secondary N) is 2. The summed E-state index contributed by atoms with van der Waals surface area (Å²) in [4.78, 5) is 32.4. The number of carbonyl (C=O) groups excluding carboxylic acids is 1. The van der Waals surface area contributed by atoms with Gasteiger partial charge in [0.05, 0.1) is 15.7 Å². The molecule has 1 aliphatic heterocycles. The molecule has 1 saturated carbocycles. The quantitative estimate of drug-likeness (QED) is 0.729. The van der Waals surface area contributed by atoms with Crippen molar-refractivity contribution in [2.24, 2.45) is 11.8 Å². The number of hydrogen-bond donors (Lipinski definition) is 3. The van der Waals surface area contributed by atoms with Gasteiger partial charge in [-0.05, 0) is 13.8 Å². The lowest BCUT2D eigenvalue weighted by molar-refractivity contribution is 0.0661. The molecule has 0 radical (unpaired) electrons. The first-order chi connectivity index (χ1) is 12.3. The number of aromatic carboxylic acids is 1. The summed E-state index contributed by atoms with van der Waals surface area (Å²) in [5, 5.41) is 12.6. The second-order valence-corrected chi connectivity index (χ2v) is 7.46. The Kier molecular flexibility index (Phi) is 3.92. The van der Waals surface area contributed by atoms with Crippen LogP contribution >= 0.6 is 23.2 Å². The predicted octanol–water partition coefficient (Wildman–Crippen LogP) is 2.49. The van der Waals surface area contributed by atoms with Crippen LogP contribution in [0, 0.1) is 25.7 Å². The van der Waals surface area contributed by atoms with Crippen LogP contribution in [0.1, 0.15) is 32.4 Å². The van der Waals surface area contributed by atoms with Gasteiger partial charge in [-0.3, -0.25) is 4.79 Å². The van der Waals surface area contributed by atoms with E-state index in [1.165, 1.54) is 0 Å². The van der Waals surface area contributed by atoms with Gasteiger partial charge in [0.1, 0.15) is 5.69 Å². The largest absolute Gasteiger partial charge is 0.475 e. The molecule has 1 amide bonds. The lowest BCUT2D eigenvalue weighted by Crippen LogP contribution is -2.35. The maximum absolute atomic E-state index is 12.4. The van der Waals surface area contributed by atoms with Gasteiger partial charge in [0.25, 0.3) is 11.9 Å². The fraction of sp³-hybridized carbons (Fsp3) is 0.438. The highest BCUT2D eigenvalue weighted by atomic mass is 35.5. The van der Waals surface area contributed by atoms with Crippen LogP contribution in [0.15, 0.2) is 4.42 Å². The maximum atomic E-state index is 12.4. The van der Waals surface area contributed by atoms with E-state index in [-0.39, 0.29) is 40.3 Å². The summed E-state index contributed by atoms with van der Waals surface area (Å²) in [6.45, 7) is 4.64. The number of H-pyrrole nitrogens is 1. The Hall–Kier alpha value is -2.19. The predicted molar refractivity (Wildman–Crippen MR) is 94.2 cm³/mol. The number of halogens is 2. The molecule has 2 aliphatic rings. The van der Waals surface area contributed by atoms with Gasteiger partial charge in [-0.15, -0.1) is 0 Å². The van der Waals surface area contributed by atoms with E-state index >= 15 is 0 Å². The Labute approximate surface area is 158 Å². The molecule has 1 aliphatic carbocycles. The summed E-state index contributed by atoms with van der Waals surface area (Å²) >= 11 is 12.1. The molecule has 4 rings (SSSR count). The Bertz CT molecular complexity index is 910. The SMILES string of the molecule is Cc1nc(N2C[C@@H]3C(NC(=O)c4[nH]c(C)c(Cl)c4Cl)[C@@H]3C2)oc1C(=O)O. The van der Waals surface area contributed by atoms with Crippen molar-refractivity contribution in [2.45, 2.75) is 19.9 Å². The minimum atomic E-state index is -1.13. The highest BCUT2D eigenvalue weighted by Crippen LogP contribution is 2.47. The van der Waals surface area contributed by atoms with Gasteiger partial charge >= 0.3 is 5.97 Å². The lowest BCUT2D eigenvalue weighted by Gasteiger charge is -2.17. The molecule has 2 fully saturated rings. The van der Waals surface area contributed by atoms with E-state index in [1.807, 2.05) is 4.90 Å². The summed E-state index contributed by atoms with van der Waals surface area (Å²) in [5.41, 5.74) is 1.27. The molecule has 26 heavy (non-hydrogen) atoms. The molecule has 2 aromatic heterocycles. The smallest absolute Gasteiger partial charge is 0.373 e. The molecule has 3 N–H and O–H groups in total. The molecule has 2 aromatic rings. The average molecular weight is 399 g/mol. The molecule has 10 heteroatoms. The van der Waals surface area contributed by atoms with E-state index in [0.29, 0.717) is 35.5 Å². The van der Waals surface area contributed by atoms with Crippen molar-refractivity contribution in [3.63, 3.8) is 0 Å². The van der Waals surface area contributed by atoms with E-state index in [4.69, 9.17) is 32.7 Å². The first kappa shape index (κ1) is 17.2. The van der Waals surface area contributed by atoms with Crippen LogP contribution in [0.2, 0.25) is 10.0 Å². The number of aryl methyl sites for hydroxylation is 2. The van der Waals surface area contributed by atoms with Gasteiger partial charge < -0.3 is 24.7 Å². The minimum Gasteiger partial charge on any atom is -0.475 e. The molecule has 0 bridgehead atoms. The second-order valence-electron chi connectivity index (χ2n) is 6.70. The van der Waals surface area contributed by atoms with E-state index in [0.717, 1.165) is 0 Å². The number of oxazole rings is 1. The monoisotopic (exact) mass is 398 g/mol. The number of carboxylic acids is 1. The zero-order chi connectivity index (χ0) is 18.7. The molecule has 0 aromatic carbocycles. The van der Waals surface area contributed by atoms with Crippen molar-refractivity contribution >= 4 is 41.1 Å². The van der Waals surface area contributed by atoms with Crippen molar-refractivity contribution in [3.8, 4) is 0 Å². The molecule has 3 atom stereocenters. The van der Waals surface area contributed by atoms with Gasteiger partial charge in [0.2, 0.25) is 5.76 Å². The molecule has 138 valence electrons. The van der Waals surface area contributed by atoms with Crippen LogP contribution in [0.3, 0.4) is 0 Å². The topological polar surface area (TPSA) is 111 Å². The maximum Gasteiger partial charge on any atom is 0.373 e. The number of rotatable bonds is 4. The van der Waals surface area contributed by atoms with Crippen molar-refractivity contribution in [3.05, 3.63) is 32.9 Å². The Morgan fingerprint density at radius 1 is 1.27 bits per heavy atom. The number of nitrogens with zero attached hydrogens (tertiary/aromatic N) is 2. The van der Waals surface area contributed by atoms with Gasteiger partial charge in [0, 0.05) is 36.7 Å². The highest BCUT2D eigenvalue weighted by Gasteiger charge is 2.57. The average Bonchev–Trinajstić information content (AvgIpc) is 2.97. The van der Waals surface area contributed by atoms with Crippen LogP contribution < -0.4 is 10.2 Å². The number of piperidine rings is 1. The zero-order valence-electron chi connectivity index (χ0n) is 14.0. The highest BCUT2D eigenvalue weighted by molar-refractivity contribution is 6.44. The van der Waals surface area contributed by atoms with Crippen LogP contribution in [0.5, 0.6) is 0 Å². The number of anilines is 1. The number of hydrogen-bond acceptors (Lipinski definition) is 5. The van der Waals surface area contributed by atoms with Crippen LogP contribution in [-0.4, -0.2) is 46.1 Å². The molecule has 3 heterocycles. The fourth-order valence-corrected chi connectivity index (χ4v) is 3.98. The first-order valence-corrected chi connectivity index (χ1v) is 8.83. The normalized spacial score (nSPS) is 23.8. The van der Waals surface area contributed by atoms with Crippen molar-refractivity contribution in [1.82, 2.24) is 15.3 Å². The lowest BCUT2D eigenvalue weighted by atomic mass is 10.3. The summed E-state index contributed by atoms with van der Waals surface area (Å²) in [5.74, 6) is -1.02. The third-order valence-electron chi connectivity index (χ3n) is 5.02. The number of aromatic amines is 1. The minimum absolute atomic E-state index is 0.0483. The van der Waals surface area contributed by atoms with Crippen molar-refractivity contribution in [1.29, 1.82) is 0 Å². The molecule has 1 unspecified atom stereocenters. The summed E-state index contributed by atoms with van der Waals surface area (Å²) in [6.07, 6.45) is 0. The number of carboxylic acid groups (broad SMARTS) is 1. The van der Waals surface area contributed by atoms with Crippen molar-refractivity contribution in [2.75, 3.05) is 18.0 Å². The molecule has 1 saturated heterocycles. The molecular formula is C16H16Cl2N4O4. The van der Waals surface area contributed by atoms with Gasteiger partial charge in [-0.2, -0.15) is 4.98 Å². The number of fused-ring (bicyclic) bond motifs is 1. The number of aromatic nitrogens is 2. The van der Waals surface area contributed by atoms with Crippen molar-refractivity contribution < 1.29 is 19.1 Å². The summed E-state index contributed by atoms with van der Waals surface area (Å²) < 4.78 is 5.34. The van der Waals surface area contributed by atoms with Crippen LogP contribution in [0.25, 0.3) is 0 Å². The van der Waals surface area contributed by atoms with E-state index in [1.54, 1.807) is 13.8 Å². The standard InChI is InChI=1S/C16H16Cl2N4O4/c1-5-9(17)10(18)12(19-5)14(23)21-11-7-3-22(4-8(7)11)16-20-6(2)13(26-16)15(24)25/h7-8,11,19H,3-4H2,1-2H3,(H,21,23)(H,24,25)/t7-,8+,11?. The second kappa shape index (κ2) is 5.92. The summed E-state index contributed by atoms with van der Waals surface area (Å²) in [6, 6.07) is 0.360. The van der Waals surface area contributed by atoms with Gasteiger partial charge in [-0.1, -0.05) is 23.2 Å². The van der Waals surface area contributed by atoms with E-state index in [9.17, 15) is 9.59 Å². The van der Waals surface area contributed by atoms with E-state index in [2.05, 4.69) is 15.3 Å². The van der Waals surface area contributed by atoms with Crippen LogP contribution in [0.4, 0.5) is 6.01 Å². The molecule has 0 spiro atoms. The zero-order valence-corrected chi connectivity index (χ0v) is 15.5. The third-order valence-corrected chi connectivity index (χ3v) is 5.97. The third kappa shape index (κ3) is 2.64.